The van der Waals surface area contributed by atoms with Gasteiger partial charge in [-0.3, -0.25) is 4.90 Å². The molecule has 1 aliphatic heterocycles. The molecule has 0 saturated carbocycles. The van der Waals surface area contributed by atoms with E-state index in [1.54, 1.807) is 6.26 Å². The molecule has 0 N–H and O–H groups in total. The van der Waals surface area contributed by atoms with Gasteiger partial charge in [0.15, 0.2) is 5.82 Å². The number of aromatic nitrogens is 4. The van der Waals surface area contributed by atoms with Gasteiger partial charge in [-0.05, 0) is 46.9 Å². The third-order valence-electron chi connectivity index (χ3n) is 5.43. The standard InChI is InChI=1S/C22H29N5O2/c1-17(2)21(22-23-24-25-27(22)14-18-8-4-3-5-9-18)26(15-19-10-6-12-28-19)16-20-11-7-13-29-20/h3-6,8-10,12,17,20-21H,7,11,13-16H2,1-2H3. The van der Waals surface area contributed by atoms with E-state index in [1.165, 1.54) is 5.56 Å². The van der Waals surface area contributed by atoms with Gasteiger partial charge in [0.1, 0.15) is 5.76 Å². The maximum absolute atomic E-state index is 5.95. The molecule has 2 unspecified atom stereocenters. The van der Waals surface area contributed by atoms with Crippen molar-refractivity contribution >= 4 is 0 Å². The highest BCUT2D eigenvalue weighted by Crippen LogP contribution is 2.30. The van der Waals surface area contributed by atoms with Gasteiger partial charge in [-0.2, -0.15) is 0 Å². The number of tetrazole rings is 1. The molecule has 29 heavy (non-hydrogen) atoms. The van der Waals surface area contributed by atoms with Crippen molar-refractivity contribution in [1.29, 1.82) is 0 Å². The zero-order chi connectivity index (χ0) is 20.1. The minimum absolute atomic E-state index is 0.0583. The van der Waals surface area contributed by atoms with Crippen LogP contribution in [0.4, 0.5) is 0 Å². The van der Waals surface area contributed by atoms with E-state index < -0.39 is 0 Å². The summed E-state index contributed by atoms with van der Waals surface area (Å²) < 4.78 is 13.5. The van der Waals surface area contributed by atoms with E-state index in [4.69, 9.17) is 9.15 Å². The Morgan fingerprint density at radius 2 is 2.03 bits per heavy atom. The summed E-state index contributed by atoms with van der Waals surface area (Å²) in [7, 11) is 0. The fraction of sp³-hybridized carbons (Fsp3) is 0.500. The van der Waals surface area contributed by atoms with E-state index in [-0.39, 0.29) is 12.1 Å². The Labute approximate surface area is 171 Å². The SMILES string of the molecule is CC(C)C(c1nnnn1Cc1ccccc1)N(Cc1ccco1)CC1CCCO1. The van der Waals surface area contributed by atoms with E-state index in [1.807, 2.05) is 35.0 Å². The van der Waals surface area contributed by atoms with Gasteiger partial charge in [-0.15, -0.1) is 5.10 Å². The van der Waals surface area contributed by atoms with Crippen LogP contribution in [0.5, 0.6) is 0 Å². The predicted octanol–water partition coefficient (Wildman–Crippen LogP) is 3.69. The number of nitrogens with zero attached hydrogens (tertiary/aromatic N) is 5. The Hall–Kier alpha value is -2.51. The van der Waals surface area contributed by atoms with Crippen molar-refractivity contribution in [2.24, 2.45) is 5.92 Å². The molecule has 0 spiro atoms. The molecule has 7 nitrogen and oxygen atoms in total. The Morgan fingerprint density at radius 1 is 1.17 bits per heavy atom. The summed E-state index contributed by atoms with van der Waals surface area (Å²) in [4.78, 5) is 2.41. The van der Waals surface area contributed by atoms with Crippen LogP contribution in [-0.2, 0) is 17.8 Å². The van der Waals surface area contributed by atoms with Gasteiger partial charge >= 0.3 is 0 Å². The molecule has 0 bridgehead atoms. The first-order valence-corrected chi connectivity index (χ1v) is 10.4. The molecule has 4 rings (SSSR count). The van der Waals surface area contributed by atoms with Gasteiger partial charge in [0, 0.05) is 13.2 Å². The molecular weight excluding hydrogens is 366 g/mol. The molecule has 0 aliphatic carbocycles. The number of hydrogen-bond acceptors (Lipinski definition) is 6. The van der Waals surface area contributed by atoms with Gasteiger partial charge in [0.25, 0.3) is 0 Å². The van der Waals surface area contributed by atoms with Crippen LogP contribution in [0.25, 0.3) is 0 Å². The van der Waals surface area contributed by atoms with Gasteiger partial charge in [0.2, 0.25) is 0 Å². The number of benzene rings is 1. The average Bonchev–Trinajstić information content (AvgIpc) is 3.47. The number of furan rings is 1. The molecule has 2 atom stereocenters. The molecule has 3 aromatic rings. The van der Waals surface area contributed by atoms with Crippen LogP contribution in [0.2, 0.25) is 0 Å². The van der Waals surface area contributed by atoms with Crippen LogP contribution in [-0.4, -0.2) is 44.4 Å². The first-order chi connectivity index (χ1) is 14.2. The van der Waals surface area contributed by atoms with Crippen LogP contribution in [0.3, 0.4) is 0 Å². The summed E-state index contributed by atoms with van der Waals surface area (Å²) in [5.74, 6) is 2.15. The minimum atomic E-state index is 0.0583. The van der Waals surface area contributed by atoms with Gasteiger partial charge < -0.3 is 9.15 Å². The van der Waals surface area contributed by atoms with Crippen LogP contribution in [0, 0.1) is 5.92 Å². The largest absolute Gasteiger partial charge is 0.468 e. The normalized spacial score (nSPS) is 18.0. The van der Waals surface area contributed by atoms with Crippen LogP contribution in [0.1, 0.15) is 49.9 Å². The Kier molecular flexibility index (Phi) is 6.36. The summed E-state index contributed by atoms with van der Waals surface area (Å²) in [6.45, 7) is 7.47. The predicted molar refractivity (Wildman–Crippen MR) is 109 cm³/mol. The van der Waals surface area contributed by atoms with E-state index in [9.17, 15) is 0 Å². The highest BCUT2D eigenvalue weighted by molar-refractivity contribution is 5.15. The minimum Gasteiger partial charge on any atom is -0.468 e. The first kappa shape index (κ1) is 19.8. The van der Waals surface area contributed by atoms with Gasteiger partial charge in [0.05, 0.1) is 31.5 Å². The lowest BCUT2D eigenvalue weighted by molar-refractivity contribution is 0.0354. The second-order valence-corrected chi connectivity index (χ2v) is 8.01. The Balaban J connectivity index is 1.62. The van der Waals surface area contributed by atoms with Crippen LogP contribution >= 0.6 is 0 Å². The second kappa shape index (κ2) is 9.33. The number of rotatable bonds is 9. The van der Waals surface area contributed by atoms with E-state index in [0.717, 1.165) is 37.6 Å². The van der Waals surface area contributed by atoms with Crippen molar-refractivity contribution < 1.29 is 9.15 Å². The summed E-state index contributed by atoms with van der Waals surface area (Å²) in [5.41, 5.74) is 1.18. The zero-order valence-electron chi connectivity index (χ0n) is 17.1. The summed E-state index contributed by atoms with van der Waals surface area (Å²) in [6, 6.07) is 14.3. The molecule has 2 aromatic heterocycles. The molecule has 1 fully saturated rings. The zero-order valence-corrected chi connectivity index (χ0v) is 17.1. The molecule has 1 aromatic carbocycles. The summed E-state index contributed by atoms with van der Waals surface area (Å²) >= 11 is 0. The Morgan fingerprint density at radius 3 is 2.72 bits per heavy atom. The van der Waals surface area contributed by atoms with Gasteiger partial charge in [-0.25, -0.2) is 4.68 Å². The topological polar surface area (TPSA) is 69.2 Å². The summed E-state index contributed by atoms with van der Waals surface area (Å²) in [6.07, 6.45) is 4.18. The fourth-order valence-electron chi connectivity index (χ4n) is 4.10. The van der Waals surface area contributed by atoms with Crippen molar-refractivity contribution in [3.05, 3.63) is 65.9 Å². The molecule has 3 heterocycles. The quantitative estimate of drug-likeness (QED) is 0.550. The lowest BCUT2D eigenvalue weighted by Gasteiger charge is -2.34. The fourth-order valence-corrected chi connectivity index (χ4v) is 4.10. The van der Waals surface area contributed by atoms with Crippen molar-refractivity contribution in [1.82, 2.24) is 25.1 Å². The smallest absolute Gasteiger partial charge is 0.169 e. The maximum atomic E-state index is 5.95. The lowest BCUT2D eigenvalue weighted by Crippen LogP contribution is -2.38. The molecule has 154 valence electrons. The lowest BCUT2D eigenvalue weighted by atomic mass is 10.00. The maximum Gasteiger partial charge on any atom is 0.169 e. The van der Waals surface area contributed by atoms with E-state index >= 15 is 0 Å². The van der Waals surface area contributed by atoms with Crippen molar-refractivity contribution in [2.75, 3.05) is 13.2 Å². The molecule has 0 radical (unpaired) electrons. The van der Waals surface area contributed by atoms with Crippen molar-refractivity contribution in [3.8, 4) is 0 Å². The summed E-state index contributed by atoms with van der Waals surface area (Å²) in [5, 5.41) is 12.8. The molecule has 7 heteroatoms. The molecule has 1 aliphatic rings. The van der Waals surface area contributed by atoms with Crippen molar-refractivity contribution in [3.63, 3.8) is 0 Å². The highest BCUT2D eigenvalue weighted by Gasteiger charge is 2.32. The average molecular weight is 396 g/mol. The number of hydrogen-bond donors (Lipinski definition) is 0. The monoisotopic (exact) mass is 395 g/mol. The van der Waals surface area contributed by atoms with Crippen molar-refractivity contribution in [2.45, 2.75) is 51.9 Å². The van der Waals surface area contributed by atoms with Gasteiger partial charge in [-0.1, -0.05) is 44.2 Å². The Bertz CT molecular complexity index is 856. The first-order valence-electron chi connectivity index (χ1n) is 10.4. The van der Waals surface area contributed by atoms with Crippen LogP contribution in [0.15, 0.2) is 53.1 Å². The number of ether oxygens (including phenoxy) is 1. The van der Waals surface area contributed by atoms with E-state index in [2.05, 4.69) is 46.4 Å². The second-order valence-electron chi connectivity index (χ2n) is 8.01. The van der Waals surface area contributed by atoms with Crippen LogP contribution < -0.4 is 0 Å². The van der Waals surface area contributed by atoms with E-state index in [0.29, 0.717) is 19.0 Å². The molecular formula is C22H29N5O2. The third-order valence-corrected chi connectivity index (χ3v) is 5.43. The third kappa shape index (κ3) is 4.92. The molecule has 0 amide bonds. The highest BCUT2D eigenvalue weighted by atomic mass is 16.5. The molecule has 1 saturated heterocycles.